The van der Waals surface area contributed by atoms with Crippen LogP contribution in [0.2, 0.25) is 5.02 Å². The van der Waals surface area contributed by atoms with Gasteiger partial charge in [-0.2, -0.15) is 5.10 Å². The fourth-order valence-corrected chi connectivity index (χ4v) is 5.54. The van der Waals surface area contributed by atoms with Crippen molar-refractivity contribution in [2.75, 3.05) is 5.75 Å². The van der Waals surface area contributed by atoms with Gasteiger partial charge in [0.05, 0.1) is 12.0 Å². The number of carbonyl (C=O) groups is 1. The first kappa shape index (κ1) is 23.3. The van der Waals surface area contributed by atoms with Gasteiger partial charge in [0, 0.05) is 16.3 Å². The number of hydrogen-bond donors (Lipinski definition) is 2. The molecule has 0 unspecified atom stereocenters. The highest BCUT2D eigenvalue weighted by Crippen LogP contribution is 2.32. The summed E-state index contributed by atoms with van der Waals surface area (Å²) in [5.41, 5.74) is 4.77. The van der Waals surface area contributed by atoms with Gasteiger partial charge in [-0.15, -0.1) is 16.8 Å². The summed E-state index contributed by atoms with van der Waals surface area (Å²) >= 11 is 10.4. The van der Waals surface area contributed by atoms with Gasteiger partial charge >= 0.3 is 0 Å². The summed E-state index contributed by atoms with van der Waals surface area (Å²) < 4.78 is 1.52. The standard InChI is InChI=1S/C21H19ClN4O2S3/c1-2-6-14-8-5-9-15(19(14)28)11-23-24-18(27)13-30-21-26-25-20(31-21)29-12-16-7-3-4-10-17(16)22/h2-5,7-11,28H,1,6,12-13H2,(H,24,27)/b23-11-. The van der Waals surface area contributed by atoms with E-state index in [0.29, 0.717) is 22.1 Å². The van der Waals surface area contributed by atoms with Gasteiger partial charge in [0.2, 0.25) is 0 Å². The molecule has 0 aliphatic carbocycles. The smallest absolute Gasteiger partial charge is 0.250 e. The Morgan fingerprint density at radius 2 is 1.90 bits per heavy atom. The number of allylic oxidation sites excluding steroid dienone is 1. The Morgan fingerprint density at radius 3 is 2.68 bits per heavy atom. The van der Waals surface area contributed by atoms with Crippen LogP contribution >= 0.6 is 46.5 Å². The molecule has 2 N–H and O–H groups in total. The van der Waals surface area contributed by atoms with Crippen molar-refractivity contribution in [3.05, 3.63) is 76.8 Å². The summed E-state index contributed by atoms with van der Waals surface area (Å²) in [7, 11) is 0. The van der Waals surface area contributed by atoms with E-state index in [4.69, 9.17) is 11.6 Å². The van der Waals surface area contributed by atoms with E-state index >= 15 is 0 Å². The van der Waals surface area contributed by atoms with Crippen molar-refractivity contribution < 1.29 is 9.90 Å². The molecular formula is C21H19ClN4O2S3. The molecule has 0 aliphatic heterocycles. The summed E-state index contributed by atoms with van der Waals surface area (Å²) in [4.78, 5) is 12.0. The van der Waals surface area contributed by atoms with Crippen LogP contribution in [0.25, 0.3) is 0 Å². The Morgan fingerprint density at radius 1 is 1.16 bits per heavy atom. The first-order chi connectivity index (χ1) is 15.1. The summed E-state index contributed by atoms with van der Waals surface area (Å²) in [5.74, 6) is 0.715. The molecule has 0 aliphatic rings. The number of phenols is 1. The zero-order chi connectivity index (χ0) is 22.1. The predicted molar refractivity (Wildman–Crippen MR) is 129 cm³/mol. The Hall–Kier alpha value is -2.33. The number of rotatable bonds is 10. The first-order valence-corrected chi connectivity index (χ1v) is 12.3. The zero-order valence-corrected chi connectivity index (χ0v) is 19.5. The molecule has 160 valence electrons. The molecule has 10 heteroatoms. The molecule has 0 bridgehead atoms. The predicted octanol–water partition coefficient (Wildman–Crippen LogP) is 5.16. The van der Waals surface area contributed by atoms with Crippen LogP contribution in [-0.4, -0.2) is 33.2 Å². The minimum absolute atomic E-state index is 0.130. The molecule has 0 radical (unpaired) electrons. The number of aromatic nitrogens is 2. The minimum Gasteiger partial charge on any atom is -0.507 e. The quantitative estimate of drug-likeness (QED) is 0.177. The molecule has 3 aromatic rings. The van der Waals surface area contributed by atoms with Gasteiger partial charge in [-0.1, -0.05) is 82.9 Å². The van der Waals surface area contributed by atoms with Crippen LogP contribution in [0.4, 0.5) is 0 Å². The van der Waals surface area contributed by atoms with Crippen LogP contribution in [0.1, 0.15) is 16.7 Å². The van der Waals surface area contributed by atoms with Gasteiger partial charge in [0.25, 0.3) is 5.91 Å². The topological polar surface area (TPSA) is 87.5 Å². The van der Waals surface area contributed by atoms with E-state index in [2.05, 4.69) is 27.3 Å². The number of aromatic hydroxyl groups is 1. The Labute approximate surface area is 197 Å². The molecule has 0 spiro atoms. The number of phenolic OH excluding ortho intramolecular Hbond substituents is 1. The monoisotopic (exact) mass is 490 g/mol. The van der Waals surface area contributed by atoms with Crippen LogP contribution in [-0.2, 0) is 17.0 Å². The van der Waals surface area contributed by atoms with Crippen LogP contribution in [0.5, 0.6) is 5.75 Å². The molecule has 1 heterocycles. The van der Waals surface area contributed by atoms with Crippen molar-refractivity contribution in [2.24, 2.45) is 5.10 Å². The molecule has 0 fully saturated rings. The summed E-state index contributed by atoms with van der Waals surface area (Å²) in [6.45, 7) is 3.67. The normalized spacial score (nSPS) is 11.0. The van der Waals surface area contributed by atoms with E-state index in [1.54, 1.807) is 23.9 Å². The first-order valence-electron chi connectivity index (χ1n) is 9.13. The SMILES string of the molecule is C=CCc1cccc(/C=N\NC(=O)CSc2nnc(SCc3ccccc3Cl)s2)c1O. The molecule has 6 nitrogen and oxygen atoms in total. The third-order valence-electron chi connectivity index (χ3n) is 3.93. The molecule has 1 amide bonds. The second-order valence-corrected chi connectivity index (χ2v) is 9.97. The molecule has 1 aromatic heterocycles. The lowest BCUT2D eigenvalue weighted by atomic mass is 10.1. The average molecular weight is 491 g/mol. The third-order valence-corrected chi connectivity index (χ3v) is 7.54. The summed E-state index contributed by atoms with van der Waals surface area (Å²) in [6.07, 6.45) is 3.68. The van der Waals surface area contributed by atoms with Crippen molar-refractivity contribution in [1.29, 1.82) is 0 Å². The lowest BCUT2D eigenvalue weighted by molar-refractivity contribution is -0.118. The molecule has 0 atom stereocenters. The molecule has 0 saturated carbocycles. The molecular weight excluding hydrogens is 472 g/mol. The van der Waals surface area contributed by atoms with Crippen molar-refractivity contribution >= 4 is 58.6 Å². The van der Waals surface area contributed by atoms with Crippen LogP contribution in [0.3, 0.4) is 0 Å². The number of thioether (sulfide) groups is 2. The number of benzene rings is 2. The Kier molecular flexibility index (Phi) is 8.96. The maximum Gasteiger partial charge on any atom is 0.250 e. The number of halogens is 1. The maximum atomic E-state index is 12.0. The maximum absolute atomic E-state index is 12.0. The number of hydrazone groups is 1. The number of hydrogen-bond acceptors (Lipinski definition) is 8. The molecule has 31 heavy (non-hydrogen) atoms. The van der Waals surface area contributed by atoms with E-state index < -0.39 is 0 Å². The second-order valence-electron chi connectivity index (χ2n) is 6.14. The van der Waals surface area contributed by atoms with E-state index in [1.165, 1.54) is 29.3 Å². The highest BCUT2D eigenvalue weighted by molar-refractivity contribution is 8.03. The minimum atomic E-state index is -0.275. The average Bonchev–Trinajstić information content (AvgIpc) is 3.22. The van der Waals surface area contributed by atoms with Crippen molar-refractivity contribution in [3.8, 4) is 5.75 Å². The molecule has 3 rings (SSSR count). The molecule has 0 saturated heterocycles. The Balaban J connectivity index is 1.45. The number of amides is 1. The van der Waals surface area contributed by atoms with Crippen LogP contribution in [0.15, 0.2) is 68.9 Å². The van der Waals surface area contributed by atoms with Gasteiger partial charge in [0.15, 0.2) is 8.68 Å². The van der Waals surface area contributed by atoms with Gasteiger partial charge in [0.1, 0.15) is 5.75 Å². The fraction of sp³-hybridized carbons (Fsp3) is 0.143. The van der Waals surface area contributed by atoms with Crippen molar-refractivity contribution in [3.63, 3.8) is 0 Å². The van der Waals surface area contributed by atoms with Gasteiger partial charge in [-0.25, -0.2) is 5.43 Å². The number of carbonyl (C=O) groups excluding carboxylic acids is 1. The van der Waals surface area contributed by atoms with E-state index in [0.717, 1.165) is 20.5 Å². The fourth-order valence-electron chi connectivity index (χ4n) is 2.44. The highest BCUT2D eigenvalue weighted by atomic mass is 35.5. The van der Waals surface area contributed by atoms with Crippen molar-refractivity contribution in [2.45, 2.75) is 20.9 Å². The number of nitrogens with zero attached hydrogens (tertiary/aromatic N) is 3. The summed E-state index contributed by atoms with van der Waals surface area (Å²) in [5, 5.41) is 23.1. The molecule has 2 aromatic carbocycles. The highest BCUT2D eigenvalue weighted by Gasteiger charge is 2.10. The van der Waals surface area contributed by atoms with Crippen LogP contribution in [0, 0.1) is 0 Å². The van der Waals surface area contributed by atoms with E-state index in [-0.39, 0.29) is 17.4 Å². The van der Waals surface area contributed by atoms with Crippen molar-refractivity contribution in [1.82, 2.24) is 15.6 Å². The lowest BCUT2D eigenvalue weighted by Crippen LogP contribution is -2.19. The van der Waals surface area contributed by atoms with Crippen LogP contribution < -0.4 is 5.43 Å². The second kappa shape index (κ2) is 11.9. The largest absolute Gasteiger partial charge is 0.507 e. The number of nitrogens with one attached hydrogen (secondary N) is 1. The van der Waals surface area contributed by atoms with Gasteiger partial charge < -0.3 is 5.11 Å². The van der Waals surface area contributed by atoms with E-state index in [1.807, 2.05) is 36.4 Å². The van der Waals surface area contributed by atoms with E-state index in [9.17, 15) is 9.90 Å². The third kappa shape index (κ3) is 7.10. The lowest BCUT2D eigenvalue weighted by Gasteiger charge is -2.04. The van der Waals surface area contributed by atoms with Gasteiger partial charge in [-0.3, -0.25) is 4.79 Å². The summed E-state index contributed by atoms with van der Waals surface area (Å²) in [6, 6.07) is 13.0. The number of para-hydroxylation sites is 1. The Bertz CT molecular complexity index is 1090. The zero-order valence-electron chi connectivity index (χ0n) is 16.3. The van der Waals surface area contributed by atoms with Gasteiger partial charge in [-0.05, 0) is 29.7 Å².